The van der Waals surface area contributed by atoms with Crippen LogP contribution < -0.4 is 0 Å². The van der Waals surface area contributed by atoms with Crippen molar-refractivity contribution in [3.8, 4) is 0 Å². The fourth-order valence-electron chi connectivity index (χ4n) is 6.38. The number of carbonyl (C=O) groups is 4. The van der Waals surface area contributed by atoms with E-state index in [9.17, 15) is 19.2 Å². The van der Waals surface area contributed by atoms with E-state index >= 15 is 0 Å². The van der Waals surface area contributed by atoms with Crippen molar-refractivity contribution < 1.29 is 19.2 Å². The molecule has 40 heavy (non-hydrogen) atoms. The van der Waals surface area contributed by atoms with Gasteiger partial charge < -0.3 is 0 Å². The summed E-state index contributed by atoms with van der Waals surface area (Å²) in [6.07, 6.45) is 7.08. The molecule has 3 unspecified atom stereocenters. The number of Topliss-reactive ketones (excluding diaryl/α,β-unsaturated/α-hetero) is 4. The maximum atomic E-state index is 13.7. The summed E-state index contributed by atoms with van der Waals surface area (Å²) in [5.41, 5.74) is 4.36. The second-order valence-corrected chi connectivity index (χ2v) is 13.6. The molecule has 0 radical (unpaired) electrons. The highest BCUT2D eigenvalue weighted by molar-refractivity contribution is 6.06. The largest absolute Gasteiger partial charge is 0.300 e. The maximum absolute atomic E-state index is 13.7. The minimum Gasteiger partial charge on any atom is -0.300 e. The van der Waals surface area contributed by atoms with Gasteiger partial charge in [-0.15, -0.1) is 0 Å². The third-order valence-electron chi connectivity index (χ3n) is 8.14. The molecule has 0 heterocycles. The Kier molecular flexibility index (Phi) is 14.7. The second-order valence-electron chi connectivity index (χ2n) is 13.6. The average Bonchev–Trinajstić information content (AvgIpc) is 2.82. The van der Waals surface area contributed by atoms with E-state index in [1.54, 1.807) is 0 Å². The molecule has 0 amide bonds. The summed E-state index contributed by atoms with van der Waals surface area (Å²) in [6, 6.07) is 2.07. The fourth-order valence-corrected chi connectivity index (χ4v) is 6.38. The third kappa shape index (κ3) is 10.1. The Labute approximate surface area is 245 Å². The van der Waals surface area contributed by atoms with E-state index in [0.717, 1.165) is 53.5 Å². The lowest BCUT2D eigenvalue weighted by molar-refractivity contribution is -0.129. The molecule has 0 N–H and O–H groups in total. The Hall–Kier alpha value is -2.10. The summed E-state index contributed by atoms with van der Waals surface area (Å²) >= 11 is 0. The average molecular weight is 555 g/mol. The summed E-state index contributed by atoms with van der Waals surface area (Å²) in [6.45, 7) is 22.6. The van der Waals surface area contributed by atoms with Crippen LogP contribution in [0, 0.1) is 30.6 Å². The van der Waals surface area contributed by atoms with Gasteiger partial charge in [0.1, 0.15) is 11.6 Å². The van der Waals surface area contributed by atoms with E-state index in [-0.39, 0.29) is 52.7 Å². The molecule has 226 valence electrons. The van der Waals surface area contributed by atoms with E-state index in [1.165, 1.54) is 13.3 Å². The molecule has 2 rings (SSSR count). The van der Waals surface area contributed by atoms with Crippen molar-refractivity contribution in [2.75, 3.05) is 0 Å². The summed E-state index contributed by atoms with van der Waals surface area (Å²) in [7, 11) is 0. The lowest BCUT2D eigenvalue weighted by Crippen LogP contribution is -2.31. The summed E-state index contributed by atoms with van der Waals surface area (Å²) in [5.74, 6) is 0.751. The van der Waals surface area contributed by atoms with Crippen LogP contribution in [-0.2, 0) is 21.4 Å². The van der Waals surface area contributed by atoms with E-state index in [2.05, 4.69) is 61.5 Å². The van der Waals surface area contributed by atoms with Gasteiger partial charge in [0.15, 0.2) is 11.6 Å². The van der Waals surface area contributed by atoms with Crippen LogP contribution in [0.1, 0.15) is 164 Å². The Morgan fingerprint density at radius 2 is 1.60 bits per heavy atom. The molecule has 0 bridgehead atoms. The van der Waals surface area contributed by atoms with Gasteiger partial charge in [0.05, 0.1) is 6.42 Å². The number of rotatable bonds is 13. The molecular formula is C36H58O4. The highest BCUT2D eigenvalue weighted by Crippen LogP contribution is 2.40. The molecule has 1 aromatic carbocycles. The monoisotopic (exact) mass is 554 g/mol. The van der Waals surface area contributed by atoms with Crippen LogP contribution in [0.15, 0.2) is 6.07 Å². The number of ketones is 4. The smallest absolute Gasteiger partial charge is 0.163 e. The standard InChI is InChI=1S/C33H50O4.C3H8/c1-10-12-24(25(11-2)30(36)15-21(5)34)16-23-17-27-26(29(35)14-13-20(3)4)19-28(33(7,8)9)22(6)32(27)31(37)18-23;1-3-2/h19-20,23-25H,10-18H2,1-9H3;3H2,1-2H3. The van der Waals surface area contributed by atoms with Crippen LogP contribution in [0.4, 0.5) is 0 Å². The molecule has 0 fully saturated rings. The predicted octanol–water partition coefficient (Wildman–Crippen LogP) is 9.45. The molecule has 0 aromatic heterocycles. The maximum Gasteiger partial charge on any atom is 0.163 e. The van der Waals surface area contributed by atoms with Crippen molar-refractivity contribution in [1.82, 2.24) is 0 Å². The van der Waals surface area contributed by atoms with Crippen molar-refractivity contribution >= 4 is 23.1 Å². The number of benzene rings is 1. The Balaban J connectivity index is 0.00000254. The minimum atomic E-state index is -0.166. The van der Waals surface area contributed by atoms with Crippen molar-refractivity contribution in [1.29, 1.82) is 0 Å². The third-order valence-corrected chi connectivity index (χ3v) is 8.14. The zero-order valence-electron chi connectivity index (χ0n) is 27.6. The van der Waals surface area contributed by atoms with E-state index < -0.39 is 0 Å². The number of hydrogen-bond donors (Lipinski definition) is 0. The zero-order valence-corrected chi connectivity index (χ0v) is 27.6. The highest BCUT2D eigenvalue weighted by atomic mass is 16.1. The molecule has 0 saturated heterocycles. The first-order valence-electron chi connectivity index (χ1n) is 15.9. The molecule has 0 aliphatic heterocycles. The van der Waals surface area contributed by atoms with Gasteiger partial charge in [-0.05, 0) is 85.5 Å². The van der Waals surface area contributed by atoms with Gasteiger partial charge in [0.2, 0.25) is 0 Å². The lowest BCUT2D eigenvalue weighted by atomic mass is 9.69. The molecule has 1 aromatic rings. The number of hydrogen-bond acceptors (Lipinski definition) is 4. The van der Waals surface area contributed by atoms with Gasteiger partial charge in [-0.3, -0.25) is 19.2 Å². The molecule has 4 nitrogen and oxygen atoms in total. The zero-order chi connectivity index (χ0) is 30.8. The first-order chi connectivity index (χ1) is 18.6. The second kappa shape index (κ2) is 16.4. The summed E-state index contributed by atoms with van der Waals surface area (Å²) in [5, 5.41) is 0. The Bertz CT molecular complexity index is 1020. The highest BCUT2D eigenvalue weighted by Gasteiger charge is 2.36. The fraction of sp³-hybridized carbons (Fsp3) is 0.722. The quantitative estimate of drug-likeness (QED) is 0.180. The minimum absolute atomic E-state index is 0.00553. The van der Waals surface area contributed by atoms with Crippen LogP contribution in [0.25, 0.3) is 0 Å². The van der Waals surface area contributed by atoms with Gasteiger partial charge in [-0.25, -0.2) is 0 Å². The predicted molar refractivity (Wildman–Crippen MR) is 167 cm³/mol. The molecule has 0 spiro atoms. The Morgan fingerprint density at radius 1 is 1.00 bits per heavy atom. The van der Waals surface area contributed by atoms with Crippen LogP contribution >= 0.6 is 0 Å². The molecule has 1 aliphatic carbocycles. The van der Waals surface area contributed by atoms with Crippen molar-refractivity contribution in [3.63, 3.8) is 0 Å². The normalized spacial score (nSPS) is 16.6. The van der Waals surface area contributed by atoms with Gasteiger partial charge in [-0.1, -0.05) is 81.6 Å². The van der Waals surface area contributed by atoms with Crippen LogP contribution in [0.5, 0.6) is 0 Å². The topological polar surface area (TPSA) is 68.3 Å². The molecule has 4 heteroatoms. The summed E-state index contributed by atoms with van der Waals surface area (Å²) in [4.78, 5) is 51.8. The SMILES string of the molecule is CCC.CCCC(CC1CC(=O)c2c(C)c(C(C)(C)C)cc(C(=O)CCC(C)C)c2C1)C(CC)C(=O)CC(C)=O. The molecule has 1 aliphatic rings. The first-order valence-corrected chi connectivity index (χ1v) is 15.9. The van der Waals surface area contributed by atoms with Crippen LogP contribution in [0.2, 0.25) is 0 Å². The summed E-state index contributed by atoms with van der Waals surface area (Å²) < 4.78 is 0. The van der Waals surface area contributed by atoms with Crippen LogP contribution in [-0.4, -0.2) is 23.1 Å². The Morgan fingerprint density at radius 3 is 2.08 bits per heavy atom. The first kappa shape index (κ1) is 35.9. The van der Waals surface area contributed by atoms with Crippen molar-refractivity contribution in [2.24, 2.45) is 23.7 Å². The van der Waals surface area contributed by atoms with Gasteiger partial charge in [0.25, 0.3) is 0 Å². The van der Waals surface area contributed by atoms with Gasteiger partial charge >= 0.3 is 0 Å². The van der Waals surface area contributed by atoms with Crippen LogP contribution in [0.3, 0.4) is 0 Å². The van der Waals surface area contributed by atoms with E-state index in [0.29, 0.717) is 31.6 Å². The van der Waals surface area contributed by atoms with Crippen molar-refractivity contribution in [2.45, 2.75) is 146 Å². The van der Waals surface area contributed by atoms with E-state index in [1.807, 2.05) is 13.8 Å². The lowest BCUT2D eigenvalue weighted by Gasteiger charge is -2.34. The molecule has 3 atom stereocenters. The van der Waals surface area contributed by atoms with E-state index in [4.69, 9.17) is 0 Å². The van der Waals surface area contributed by atoms with Gasteiger partial charge in [-0.2, -0.15) is 0 Å². The van der Waals surface area contributed by atoms with Gasteiger partial charge in [0, 0.05) is 29.9 Å². The molecule has 0 saturated carbocycles. The molecular weight excluding hydrogens is 496 g/mol. The number of fused-ring (bicyclic) bond motifs is 1. The number of carbonyl (C=O) groups excluding carboxylic acids is 4. The van der Waals surface area contributed by atoms with Crippen molar-refractivity contribution in [3.05, 3.63) is 33.9 Å².